The van der Waals surface area contributed by atoms with Gasteiger partial charge in [0.2, 0.25) is 21.8 Å². The van der Waals surface area contributed by atoms with Gasteiger partial charge in [0.15, 0.2) is 0 Å². The van der Waals surface area contributed by atoms with Gasteiger partial charge in [0.25, 0.3) is 0 Å². The molecule has 2 amide bonds. The summed E-state index contributed by atoms with van der Waals surface area (Å²) < 4.78 is 27.0. The quantitative estimate of drug-likeness (QED) is 0.749. The Morgan fingerprint density at radius 1 is 1.10 bits per heavy atom. The molecule has 0 aliphatic carbocycles. The van der Waals surface area contributed by atoms with Crippen molar-refractivity contribution in [2.45, 2.75) is 25.8 Å². The first-order valence-corrected chi connectivity index (χ1v) is 11.9. The van der Waals surface area contributed by atoms with Gasteiger partial charge in [-0.05, 0) is 35.3 Å². The molecule has 2 aliphatic rings. The monoisotopic (exact) mass is 439 g/mol. The van der Waals surface area contributed by atoms with Crippen LogP contribution >= 0.6 is 0 Å². The molecular weight excluding hydrogens is 414 g/mol. The third-order valence-electron chi connectivity index (χ3n) is 5.71. The zero-order valence-electron chi connectivity index (χ0n) is 17.3. The number of nitrogens with one attached hydrogen (secondary N) is 1. The van der Waals surface area contributed by atoms with Crippen LogP contribution in [0.15, 0.2) is 54.7 Å². The maximum absolute atomic E-state index is 12.8. The zero-order chi connectivity index (χ0) is 22.0. The van der Waals surface area contributed by atoms with Crippen LogP contribution in [-0.4, -0.2) is 44.0 Å². The highest BCUT2D eigenvalue weighted by Gasteiger charge is 2.30. The van der Waals surface area contributed by atoms with Crippen molar-refractivity contribution in [3.05, 3.63) is 71.4 Å². The fourth-order valence-corrected chi connectivity index (χ4v) is 5.62. The minimum absolute atomic E-state index is 0.0180. The topological polar surface area (TPSA) is 86.8 Å². The lowest BCUT2D eigenvalue weighted by Crippen LogP contribution is -2.39. The number of para-hydroxylation sites is 1. The number of rotatable bonds is 6. The SMILES string of the molecule is CC(=O)N1C=Cc2ccccc2[C@H]1CC(=O)NCCS(=O)(=O)N1CCc2ccccc21. The van der Waals surface area contributed by atoms with E-state index in [0.29, 0.717) is 13.0 Å². The molecule has 2 aromatic rings. The van der Waals surface area contributed by atoms with Crippen LogP contribution in [0.1, 0.15) is 36.1 Å². The van der Waals surface area contributed by atoms with Gasteiger partial charge in [0.05, 0.1) is 23.9 Å². The lowest BCUT2D eigenvalue weighted by molar-refractivity contribution is -0.129. The Morgan fingerprint density at radius 2 is 1.84 bits per heavy atom. The van der Waals surface area contributed by atoms with Crippen molar-refractivity contribution < 1.29 is 18.0 Å². The van der Waals surface area contributed by atoms with Gasteiger partial charge in [-0.3, -0.25) is 13.9 Å². The minimum Gasteiger partial charge on any atom is -0.355 e. The first-order valence-electron chi connectivity index (χ1n) is 10.3. The lowest BCUT2D eigenvalue weighted by Gasteiger charge is -2.32. The Hall–Kier alpha value is -3.13. The first kappa shape index (κ1) is 21.1. The summed E-state index contributed by atoms with van der Waals surface area (Å²) >= 11 is 0. The maximum Gasteiger partial charge on any atom is 0.236 e. The molecule has 0 bridgehead atoms. The number of anilines is 1. The van der Waals surface area contributed by atoms with Crippen molar-refractivity contribution in [1.82, 2.24) is 10.2 Å². The number of fused-ring (bicyclic) bond motifs is 2. The molecule has 0 unspecified atom stereocenters. The number of amides is 2. The second kappa shape index (κ2) is 8.55. The van der Waals surface area contributed by atoms with E-state index in [0.717, 1.165) is 22.4 Å². The number of hydrogen-bond donors (Lipinski definition) is 1. The van der Waals surface area contributed by atoms with Crippen molar-refractivity contribution in [2.24, 2.45) is 0 Å². The molecule has 162 valence electrons. The van der Waals surface area contributed by atoms with Crippen LogP contribution in [0.4, 0.5) is 5.69 Å². The number of benzene rings is 2. The van der Waals surface area contributed by atoms with Crippen LogP contribution in [0.5, 0.6) is 0 Å². The van der Waals surface area contributed by atoms with Crippen LogP contribution < -0.4 is 9.62 Å². The van der Waals surface area contributed by atoms with Gasteiger partial charge in [-0.25, -0.2) is 8.42 Å². The van der Waals surface area contributed by atoms with E-state index < -0.39 is 16.1 Å². The van der Waals surface area contributed by atoms with E-state index in [1.54, 1.807) is 11.1 Å². The molecule has 2 heterocycles. The largest absolute Gasteiger partial charge is 0.355 e. The summed E-state index contributed by atoms with van der Waals surface area (Å²) in [6.07, 6.45) is 4.30. The van der Waals surface area contributed by atoms with Gasteiger partial charge in [0, 0.05) is 26.2 Å². The maximum atomic E-state index is 12.8. The van der Waals surface area contributed by atoms with E-state index >= 15 is 0 Å². The highest BCUT2D eigenvalue weighted by molar-refractivity contribution is 7.92. The van der Waals surface area contributed by atoms with Crippen LogP contribution in [0.25, 0.3) is 6.08 Å². The number of carbonyl (C=O) groups is 2. The molecule has 0 fully saturated rings. The van der Waals surface area contributed by atoms with E-state index in [4.69, 9.17) is 0 Å². The molecule has 2 aliphatic heterocycles. The Morgan fingerprint density at radius 3 is 2.65 bits per heavy atom. The molecule has 0 spiro atoms. The molecule has 0 radical (unpaired) electrons. The third kappa shape index (κ3) is 4.34. The number of carbonyl (C=O) groups excluding carboxylic acids is 2. The molecule has 7 nitrogen and oxygen atoms in total. The first-order chi connectivity index (χ1) is 14.9. The average Bonchev–Trinajstić information content (AvgIpc) is 3.19. The Kier molecular flexibility index (Phi) is 5.82. The van der Waals surface area contributed by atoms with Gasteiger partial charge >= 0.3 is 0 Å². The smallest absolute Gasteiger partial charge is 0.236 e. The molecule has 2 aromatic carbocycles. The molecule has 8 heteroatoms. The van der Waals surface area contributed by atoms with E-state index in [1.807, 2.05) is 54.6 Å². The van der Waals surface area contributed by atoms with Gasteiger partial charge < -0.3 is 10.2 Å². The van der Waals surface area contributed by atoms with Crippen molar-refractivity contribution in [3.63, 3.8) is 0 Å². The van der Waals surface area contributed by atoms with Crippen molar-refractivity contribution >= 4 is 33.6 Å². The summed E-state index contributed by atoms with van der Waals surface area (Å²) in [5, 5.41) is 2.72. The van der Waals surface area contributed by atoms with E-state index in [2.05, 4.69) is 5.32 Å². The number of nitrogens with zero attached hydrogens (tertiary/aromatic N) is 2. The fraction of sp³-hybridized carbons (Fsp3) is 0.304. The molecule has 0 saturated heterocycles. The van der Waals surface area contributed by atoms with E-state index in [1.165, 1.54) is 11.2 Å². The second-order valence-electron chi connectivity index (χ2n) is 7.71. The summed E-state index contributed by atoms with van der Waals surface area (Å²) in [4.78, 5) is 26.2. The van der Waals surface area contributed by atoms with Crippen molar-refractivity contribution in [2.75, 3.05) is 23.1 Å². The highest BCUT2D eigenvalue weighted by Crippen LogP contribution is 2.33. The standard InChI is InChI=1S/C23H25N3O4S/c1-17(27)25-13-10-18-6-2-4-8-20(18)22(25)16-23(28)24-12-15-31(29,30)26-14-11-19-7-3-5-9-21(19)26/h2-10,13,22H,11-12,14-16H2,1H3,(H,24,28)/t22-/m1/s1. The van der Waals surface area contributed by atoms with Crippen LogP contribution in [0.3, 0.4) is 0 Å². The Bertz CT molecular complexity index is 1140. The molecule has 1 N–H and O–H groups in total. The fourth-order valence-electron chi connectivity index (χ4n) is 4.19. The normalized spacial score (nSPS) is 17.3. The summed E-state index contributed by atoms with van der Waals surface area (Å²) in [5.41, 5.74) is 3.60. The number of sulfonamides is 1. The predicted molar refractivity (Wildman–Crippen MR) is 120 cm³/mol. The van der Waals surface area contributed by atoms with Crippen molar-refractivity contribution in [1.29, 1.82) is 0 Å². The van der Waals surface area contributed by atoms with Crippen molar-refractivity contribution in [3.8, 4) is 0 Å². The van der Waals surface area contributed by atoms with E-state index in [-0.39, 0.29) is 30.5 Å². The molecule has 0 saturated carbocycles. The summed E-state index contributed by atoms with van der Waals surface area (Å²) in [6, 6.07) is 14.7. The summed E-state index contributed by atoms with van der Waals surface area (Å²) in [6.45, 7) is 1.90. The van der Waals surface area contributed by atoms with Crippen LogP contribution in [-0.2, 0) is 26.0 Å². The third-order valence-corrected chi connectivity index (χ3v) is 7.48. The van der Waals surface area contributed by atoms with E-state index in [9.17, 15) is 18.0 Å². The predicted octanol–water partition coefficient (Wildman–Crippen LogP) is 2.46. The highest BCUT2D eigenvalue weighted by atomic mass is 32.2. The molecule has 4 rings (SSSR count). The summed E-state index contributed by atoms with van der Waals surface area (Å²) in [5.74, 6) is -0.623. The minimum atomic E-state index is -3.53. The second-order valence-corrected chi connectivity index (χ2v) is 9.72. The molecule has 31 heavy (non-hydrogen) atoms. The van der Waals surface area contributed by atoms with Crippen LogP contribution in [0, 0.1) is 0 Å². The molecule has 1 atom stereocenters. The van der Waals surface area contributed by atoms with Gasteiger partial charge in [-0.2, -0.15) is 0 Å². The molecule has 0 aromatic heterocycles. The van der Waals surface area contributed by atoms with Gasteiger partial charge in [0.1, 0.15) is 0 Å². The zero-order valence-corrected chi connectivity index (χ0v) is 18.1. The van der Waals surface area contributed by atoms with Gasteiger partial charge in [-0.15, -0.1) is 0 Å². The lowest BCUT2D eigenvalue weighted by atomic mass is 9.93. The Balaban J connectivity index is 1.38. The number of hydrogen-bond acceptors (Lipinski definition) is 4. The van der Waals surface area contributed by atoms with Crippen LogP contribution in [0.2, 0.25) is 0 Å². The summed E-state index contributed by atoms with van der Waals surface area (Å²) in [7, 11) is -3.53. The average molecular weight is 440 g/mol. The Labute approximate surface area is 182 Å². The van der Waals surface area contributed by atoms with Gasteiger partial charge in [-0.1, -0.05) is 42.5 Å². The molecular formula is C23H25N3O4S.